The molecule has 0 radical (unpaired) electrons. The number of H-pyrrole nitrogens is 1. The van der Waals surface area contributed by atoms with Gasteiger partial charge in [-0.3, -0.25) is 24.0 Å². The number of anilines is 4. The van der Waals surface area contributed by atoms with Gasteiger partial charge in [-0.1, -0.05) is 6.07 Å². The summed E-state index contributed by atoms with van der Waals surface area (Å²) in [5, 5.41) is 41.8. The molecule has 6 rings (SSSR count). The number of rotatable bonds is 18. The van der Waals surface area contributed by atoms with Gasteiger partial charge < -0.3 is 57.3 Å². The Bertz CT molecular complexity index is 2820. The number of nitrogen functional groups attached to an aromatic ring is 2. The summed E-state index contributed by atoms with van der Waals surface area (Å²) in [6, 6.07) is 12.7. The molecule has 11 N–H and O–H groups in total. The van der Waals surface area contributed by atoms with Crippen molar-refractivity contribution in [2.45, 2.75) is 57.8 Å². The molecular weight excluding hydrogens is 869 g/mol. The van der Waals surface area contributed by atoms with Crippen LogP contribution in [0.15, 0.2) is 65.6 Å². The number of nitrogens with two attached hydrogens (primary N) is 2. The first-order valence-corrected chi connectivity index (χ1v) is 20.3. The maximum atomic E-state index is 12.4. The summed E-state index contributed by atoms with van der Waals surface area (Å²) in [7, 11) is 3.65. The van der Waals surface area contributed by atoms with E-state index in [9.17, 15) is 43.8 Å². The molecular formula is C41H44N12O11S. The summed E-state index contributed by atoms with van der Waals surface area (Å²) in [6.07, 6.45) is 0.398. The molecule has 340 valence electrons. The van der Waals surface area contributed by atoms with E-state index in [0.29, 0.717) is 51.6 Å². The van der Waals surface area contributed by atoms with Crippen LogP contribution in [0.25, 0.3) is 22.1 Å². The lowest BCUT2D eigenvalue weighted by molar-refractivity contribution is -0.142. The second-order valence-corrected chi connectivity index (χ2v) is 15.6. The van der Waals surface area contributed by atoms with E-state index in [-0.39, 0.29) is 48.6 Å². The number of carbonyl (C=O) groups excluding carboxylic acids is 2. The molecule has 0 saturated heterocycles. The van der Waals surface area contributed by atoms with Crippen molar-refractivity contribution < 1.29 is 49.2 Å². The average Bonchev–Trinajstić information content (AvgIpc) is 3.75. The molecule has 0 bridgehead atoms. The van der Waals surface area contributed by atoms with Crippen molar-refractivity contribution in [2.75, 3.05) is 35.4 Å². The van der Waals surface area contributed by atoms with Crippen LogP contribution in [-0.4, -0.2) is 112 Å². The highest BCUT2D eigenvalue weighted by Crippen LogP contribution is 2.27. The summed E-state index contributed by atoms with van der Waals surface area (Å²) in [4.78, 5) is 108. The number of benzene rings is 2. The van der Waals surface area contributed by atoms with Crippen molar-refractivity contribution in [1.82, 2.24) is 40.5 Å². The van der Waals surface area contributed by atoms with Gasteiger partial charge in [-0.2, -0.15) is 15.0 Å². The number of aliphatic carboxylic acids is 4. The number of amides is 2. The van der Waals surface area contributed by atoms with E-state index < -0.39 is 47.8 Å². The Balaban J connectivity index is 0.000000244. The Labute approximate surface area is 372 Å². The summed E-state index contributed by atoms with van der Waals surface area (Å²) in [5.74, 6) is -5.36. The molecule has 0 spiro atoms. The van der Waals surface area contributed by atoms with Crippen LogP contribution < -0.4 is 37.5 Å². The number of nitrogens with zero attached hydrogens (tertiary/aromatic N) is 7. The minimum atomic E-state index is -1.30. The normalized spacial score (nSPS) is 11.7. The molecule has 2 amide bonds. The highest BCUT2D eigenvalue weighted by Gasteiger charge is 2.24. The molecule has 0 saturated carbocycles. The SMILES string of the molecule is CN(Cc1cnc2nc(N)nc(N)c2n1)c1ccc(C(=O)N[C@@H](CCC(=O)O)C(=O)O)cc1.Cc1nc(=O)c2cc(CN(C)c3ccc(C(=O)N[C@@H](CCC(=O)O)C(=O)O)s3)ccc2[nH]1. The minimum Gasteiger partial charge on any atom is -0.481 e. The van der Waals surface area contributed by atoms with Crippen molar-refractivity contribution in [3.8, 4) is 0 Å². The maximum Gasteiger partial charge on any atom is 0.326 e. The number of carboxylic acid groups (broad SMARTS) is 4. The van der Waals surface area contributed by atoms with Crippen molar-refractivity contribution in [3.05, 3.63) is 98.7 Å². The predicted molar refractivity (Wildman–Crippen MR) is 238 cm³/mol. The molecule has 23 nitrogen and oxygen atoms in total. The van der Waals surface area contributed by atoms with Crippen LogP contribution in [0.1, 0.15) is 62.8 Å². The standard InChI is InChI=1S/C21H22N4O6S.C20H22N8O5/c1-11-22-14-4-3-12(9-13(14)19(28)23-11)10-25(2)17-7-6-16(32-17)20(29)24-15(21(30)31)5-8-18(26)27;1-28(9-11-8-23-17-15(24-11)16(21)26-20(22)27-17)12-4-2-10(3-5-12)18(31)25-13(19(32)33)6-7-14(29)30/h3-4,6-7,9,15H,5,8,10H2,1-2H3,(H,24,29)(H,26,27)(H,30,31)(H,22,23,28);2-5,8,13H,6-7,9H2,1H3,(H,25,31)(H,29,30)(H,32,33)(H4,21,22,23,26,27)/t15-;13-/m00/s1. The van der Waals surface area contributed by atoms with Gasteiger partial charge >= 0.3 is 23.9 Å². The number of aromatic nitrogens is 6. The van der Waals surface area contributed by atoms with Crippen LogP contribution in [-0.2, 0) is 32.3 Å². The van der Waals surface area contributed by atoms with Gasteiger partial charge in [-0.25, -0.2) is 19.6 Å². The van der Waals surface area contributed by atoms with Crippen LogP contribution in [0.2, 0.25) is 0 Å². The third kappa shape index (κ3) is 13.1. The zero-order valence-corrected chi connectivity index (χ0v) is 35.8. The number of hydrogen-bond acceptors (Lipinski definition) is 17. The van der Waals surface area contributed by atoms with Crippen LogP contribution in [0.3, 0.4) is 0 Å². The molecule has 24 heteroatoms. The fraction of sp³-hybridized carbons (Fsp3) is 0.268. The van der Waals surface area contributed by atoms with Crippen molar-refractivity contribution in [1.29, 1.82) is 0 Å². The lowest BCUT2D eigenvalue weighted by atomic mass is 10.1. The Morgan fingerprint density at radius 3 is 2.02 bits per heavy atom. The van der Waals surface area contributed by atoms with Crippen LogP contribution in [0.4, 0.5) is 22.5 Å². The van der Waals surface area contributed by atoms with Gasteiger partial charge in [0.2, 0.25) is 5.95 Å². The first-order chi connectivity index (χ1) is 30.8. The number of nitrogens with one attached hydrogen (secondary N) is 3. The van der Waals surface area contributed by atoms with E-state index in [4.69, 9.17) is 21.7 Å². The fourth-order valence-corrected chi connectivity index (χ4v) is 7.07. The first kappa shape index (κ1) is 47.8. The van der Waals surface area contributed by atoms with Crippen LogP contribution in [0.5, 0.6) is 0 Å². The smallest absolute Gasteiger partial charge is 0.326 e. The zero-order valence-electron chi connectivity index (χ0n) is 35.0. The third-order valence-corrected chi connectivity index (χ3v) is 10.7. The van der Waals surface area contributed by atoms with Gasteiger partial charge in [0.1, 0.15) is 17.9 Å². The Morgan fingerprint density at radius 1 is 0.769 bits per heavy atom. The molecule has 0 aliphatic rings. The van der Waals surface area contributed by atoms with Gasteiger partial charge in [-0.15, -0.1) is 11.3 Å². The summed E-state index contributed by atoms with van der Waals surface area (Å²) < 4.78 is 0. The van der Waals surface area contributed by atoms with Gasteiger partial charge in [0.05, 0.1) is 39.2 Å². The van der Waals surface area contributed by atoms with Crippen molar-refractivity contribution in [2.24, 2.45) is 0 Å². The van der Waals surface area contributed by atoms with Gasteiger partial charge in [0.25, 0.3) is 17.4 Å². The molecule has 6 aromatic rings. The topological polar surface area (TPSA) is 363 Å². The second-order valence-electron chi connectivity index (χ2n) is 14.5. The van der Waals surface area contributed by atoms with E-state index in [1.165, 1.54) is 23.5 Å². The quantitative estimate of drug-likeness (QED) is 0.0597. The number of hydrogen-bond donors (Lipinski definition) is 9. The van der Waals surface area contributed by atoms with Gasteiger partial charge in [0.15, 0.2) is 17.0 Å². The third-order valence-electron chi connectivity index (χ3n) is 9.48. The number of aromatic amines is 1. The highest BCUT2D eigenvalue weighted by atomic mass is 32.1. The highest BCUT2D eigenvalue weighted by molar-refractivity contribution is 7.18. The number of aryl methyl sites for hydroxylation is 1. The summed E-state index contributed by atoms with van der Waals surface area (Å²) in [5.41, 5.74) is 14.9. The fourth-order valence-electron chi connectivity index (χ4n) is 6.20. The number of carbonyl (C=O) groups is 6. The van der Waals surface area contributed by atoms with E-state index in [0.717, 1.165) is 16.3 Å². The lowest BCUT2D eigenvalue weighted by Gasteiger charge is -2.19. The molecule has 4 aromatic heterocycles. The van der Waals surface area contributed by atoms with Gasteiger partial charge in [-0.05, 0) is 73.9 Å². The second kappa shape index (κ2) is 21.2. The Hall–Kier alpha value is -8.28. The van der Waals surface area contributed by atoms with E-state index >= 15 is 0 Å². The Kier molecular flexibility index (Phi) is 15.6. The number of fused-ring (bicyclic) bond motifs is 2. The summed E-state index contributed by atoms with van der Waals surface area (Å²) >= 11 is 1.18. The molecule has 0 fully saturated rings. The molecule has 0 unspecified atom stereocenters. The van der Waals surface area contributed by atoms with E-state index in [1.807, 2.05) is 36.0 Å². The maximum absolute atomic E-state index is 12.4. The van der Waals surface area contributed by atoms with Crippen LogP contribution >= 0.6 is 11.3 Å². The largest absolute Gasteiger partial charge is 0.481 e. The average molecular weight is 913 g/mol. The van der Waals surface area contributed by atoms with E-state index in [1.54, 1.807) is 43.5 Å². The predicted octanol–water partition coefficient (Wildman–Crippen LogP) is 2.25. The molecule has 0 aliphatic carbocycles. The number of thiophene rings is 1. The van der Waals surface area contributed by atoms with Gasteiger partial charge in [0, 0.05) is 44.7 Å². The monoisotopic (exact) mass is 912 g/mol. The summed E-state index contributed by atoms with van der Waals surface area (Å²) in [6.45, 7) is 2.56. The minimum absolute atomic E-state index is 0.0138. The first-order valence-electron chi connectivity index (χ1n) is 19.4. The van der Waals surface area contributed by atoms with Crippen molar-refractivity contribution >= 4 is 91.5 Å². The zero-order chi connectivity index (χ0) is 47.5. The molecule has 2 atom stereocenters. The molecule has 0 aliphatic heterocycles. The van der Waals surface area contributed by atoms with Crippen LogP contribution in [0, 0.1) is 6.92 Å². The van der Waals surface area contributed by atoms with Crippen molar-refractivity contribution in [3.63, 3.8) is 0 Å². The number of carboxylic acids is 4. The lowest BCUT2D eigenvalue weighted by Crippen LogP contribution is -2.41. The molecule has 4 heterocycles. The molecule has 2 aromatic carbocycles. The Morgan fingerprint density at radius 2 is 1.40 bits per heavy atom. The molecule has 65 heavy (non-hydrogen) atoms. The van der Waals surface area contributed by atoms with E-state index in [2.05, 4.69) is 40.5 Å².